The number of rotatable bonds is 10. The third kappa shape index (κ3) is 5.40. The minimum Gasteiger partial charge on any atom is -0.396 e. The molecule has 0 radical (unpaired) electrons. The minimum atomic E-state index is -0.256. The molecule has 0 aliphatic heterocycles. The van der Waals surface area contributed by atoms with Crippen LogP contribution < -0.4 is 0 Å². The fraction of sp³-hybridized carbons (Fsp3) is 0.273. The molecule has 2 rings (SSSR count). The lowest BCUT2D eigenvalue weighted by atomic mass is 10.0. The summed E-state index contributed by atoms with van der Waals surface area (Å²) in [5, 5.41) is 18.9. The number of ether oxygens (including phenoxy) is 1. The van der Waals surface area contributed by atoms with Gasteiger partial charge in [0, 0.05) is 26.1 Å². The van der Waals surface area contributed by atoms with E-state index in [9.17, 15) is 10.2 Å². The predicted molar refractivity (Wildman–Crippen MR) is 103 cm³/mol. The summed E-state index contributed by atoms with van der Waals surface area (Å²) in [4.78, 5) is 0. The van der Waals surface area contributed by atoms with Crippen molar-refractivity contribution in [2.45, 2.75) is 25.0 Å². The van der Waals surface area contributed by atoms with Crippen LogP contribution in [0.5, 0.6) is 0 Å². The first-order valence-electron chi connectivity index (χ1n) is 8.53. The average molecular weight is 338 g/mol. The van der Waals surface area contributed by atoms with Crippen molar-refractivity contribution in [1.82, 2.24) is 0 Å². The molecule has 2 aromatic rings. The van der Waals surface area contributed by atoms with E-state index in [0.717, 1.165) is 22.3 Å². The van der Waals surface area contributed by atoms with Gasteiger partial charge in [0.25, 0.3) is 0 Å². The first-order valence-corrected chi connectivity index (χ1v) is 8.53. The standard InChI is InChI=1S/C22H26O3/c1-3-17-7-5-9-19(15-17)21(11-13-23)25-22(12-14-24)20-10-6-8-18(4-2)16-20/h3-10,15-16,21-24H,1-2,11-14H2. The highest BCUT2D eigenvalue weighted by atomic mass is 16.5. The fourth-order valence-electron chi connectivity index (χ4n) is 2.83. The molecule has 132 valence electrons. The summed E-state index contributed by atoms with van der Waals surface area (Å²) in [7, 11) is 0. The molecule has 0 aliphatic carbocycles. The summed E-state index contributed by atoms with van der Waals surface area (Å²) in [5.74, 6) is 0. The third-order valence-electron chi connectivity index (χ3n) is 4.15. The summed E-state index contributed by atoms with van der Waals surface area (Å²) in [6.45, 7) is 7.66. The Morgan fingerprint density at radius 1 is 0.800 bits per heavy atom. The molecule has 0 fully saturated rings. The Kier molecular flexibility index (Phi) is 7.61. The zero-order valence-electron chi connectivity index (χ0n) is 14.5. The van der Waals surface area contributed by atoms with Gasteiger partial charge in [0.2, 0.25) is 0 Å². The van der Waals surface area contributed by atoms with E-state index in [4.69, 9.17) is 4.74 Å². The van der Waals surface area contributed by atoms with Gasteiger partial charge in [0.05, 0.1) is 12.2 Å². The van der Waals surface area contributed by atoms with Crippen LogP contribution in [0.1, 0.15) is 47.3 Å². The molecular formula is C22H26O3. The zero-order valence-corrected chi connectivity index (χ0v) is 14.5. The lowest BCUT2D eigenvalue weighted by Gasteiger charge is -2.25. The van der Waals surface area contributed by atoms with Crippen molar-refractivity contribution in [1.29, 1.82) is 0 Å². The number of aliphatic hydroxyl groups is 2. The van der Waals surface area contributed by atoms with Crippen molar-refractivity contribution in [2.24, 2.45) is 0 Å². The molecule has 2 unspecified atom stereocenters. The maximum absolute atomic E-state index is 9.46. The van der Waals surface area contributed by atoms with E-state index < -0.39 is 0 Å². The summed E-state index contributed by atoms with van der Waals surface area (Å²) < 4.78 is 6.31. The third-order valence-corrected chi connectivity index (χ3v) is 4.15. The van der Waals surface area contributed by atoms with E-state index in [0.29, 0.717) is 12.8 Å². The molecule has 0 bridgehead atoms. The Labute approximate surface area is 149 Å². The van der Waals surface area contributed by atoms with Crippen molar-refractivity contribution in [2.75, 3.05) is 13.2 Å². The number of benzene rings is 2. The molecule has 3 heteroatoms. The van der Waals surface area contributed by atoms with E-state index in [-0.39, 0.29) is 25.4 Å². The number of aliphatic hydroxyl groups excluding tert-OH is 2. The van der Waals surface area contributed by atoms with Crippen LogP contribution >= 0.6 is 0 Å². The smallest absolute Gasteiger partial charge is 0.0855 e. The molecule has 2 atom stereocenters. The SMILES string of the molecule is C=Cc1cccc(C(CCO)OC(CCO)c2cccc(C=C)c2)c1. The monoisotopic (exact) mass is 338 g/mol. The lowest BCUT2D eigenvalue weighted by molar-refractivity contribution is -0.0368. The average Bonchev–Trinajstić information content (AvgIpc) is 2.67. The second-order valence-corrected chi connectivity index (χ2v) is 5.89. The zero-order chi connectivity index (χ0) is 18.1. The molecule has 0 amide bonds. The summed E-state index contributed by atoms with van der Waals surface area (Å²) >= 11 is 0. The first-order chi connectivity index (χ1) is 12.2. The largest absolute Gasteiger partial charge is 0.396 e. The fourth-order valence-corrected chi connectivity index (χ4v) is 2.83. The summed E-state index contributed by atoms with van der Waals surface area (Å²) in [6.07, 6.45) is 4.05. The van der Waals surface area contributed by atoms with Crippen LogP contribution in [0.2, 0.25) is 0 Å². The van der Waals surface area contributed by atoms with Crippen LogP contribution in [0.4, 0.5) is 0 Å². The van der Waals surface area contributed by atoms with Crippen LogP contribution in [-0.4, -0.2) is 23.4 Å². The molecule has 0 heterocycles. The van der Waals surface area contributed by atoms with E-state index in [1.54, 1.807) is 12.2 Å². The lowest BCUT2D eigenvalue weighted by Crippen LogP contribution is -2.13. The van der Waals surface area contributed by atoms with Gasteiger partial charge in [-0.1, -0.05) is 61.7 Å². The van der Waals surface area contributed by atoms with Gasteiger partial charge >= 0.3 is 0 Å². The molecule has 3 nitrogen and oxygen atoms in total. The van der Waals surface area contributed by atoms with Gasteiger partial charge in [-0.2, -0.15) is 0 Å². The van der Waals surface area contributed by atoms with Crippen molar-refractivity contribution < 1.29 is 14.9 Å². The number of hydrogen-bond acceptors (Lipinski definition) is 3. The molecule has 0 aromatic heterocycles. The van der Waals surface area contributed by atoms with E-state index >= 15 is 0 Å². The maximum atomic E-state index is 9.46. The van der Waals surface area contributed by atoms with Gasteiger partial charge in [-0.15, -0.1) is 0 Å². The van der Waals surface area contributed by atoms with Crippen LogP contribution in [0.15, 0.2) is 61.7 Å². The Bertz CT molecular complexity index is 634. The normalized spacial score (nSPS) is 13.2. The van der Waals surface area contributed by atoms with Crippen molar-refractivity contribution in [3.63, 3.8) is 0 Å². The van der Waals surface area contributed by atoms with Crippen LogP contribution in [0.3, 0.4) is 0 Å². The van der Waals surface area contributed by atoms with Crippen molar-refractivity contribution in [3.8, 4) is 0 Å². The van der Waals surface area contributed by atoms with Crippen molar-refractivity contribution >= 4 is 12.2 Å². The minimum absolute atomic E-state index is 0.0293. The molecule has 0 saturated heterocycles. The molecule has 0 aliphatic rings. The maximum Gasteiger partial charge on any atom is 0.0855 e. The van der Waals surface area contributed by atoms with Crippen LogP contribution in [0, 0.1) is 0 Å². The van der Waals surface area contributed by atoms with Crippen molar-refractivity contribution in [3.05, 3.63) is 83.9 Å². The molecule has 2 N–H and O–H groups in total. The van der Waals surface area contributed by atoms with Gasteiger partial charge in [-0.25, -0.2) is 0 Å². The number of hydrogen-bond donors (Lipinski definition) is 2. The highest BCUT2D eigenvalue weighted by molar-refractivity contribution is 5.49. The van der Waals surface area contributed by atoms with E-state index in [1.807, 2.05) is 48.5 Å². The Morgan fingerprint density at radius 3 is 1.60 bits per heavy atom. The Hall–Kier alpha value is -2.20. The van der Waals surface area contributed by atoms with Gasteiger partial charge in [-0.05, 0) is 34.4 Å². The Morgan fingerprint density at radius 2 is 1.24 bits per heavy atom. The highest BCUT2D eigenvalue weighted by Crippen LogP contribution is 2.32. The second-order valence-electron chi connectivity index (χ2n) is 5.89. The van der Waals surface area contributed by atoms with E-state index in [1.165, 1.54) is 0 Å². The van der Waals surface area contributed by atoms with Gasteiger partial charge in [-0.3, -0.25) is 0 Å². The van der Waals surface area contributed by atoms with Gasteiger partial charge in [0.15, 0.2) is 0 Å². The van der Waals surface area contributed by atoms with Gasteiger partial charge in [0.1, 0.15) is 0 Å². The molecular weight excluding hydrogens is 312 g/mol. The summed E-state index contributed by atoms with van der Waals surface area (Å²) in [5.41, 5.74) is 4.01. The topological polar surface area (TPSA) is 49.7 Å². The molecule has 2 aromatic carbocycles. The summed E-state index contributed by atoms with van der Waals surface area (Å²) in [6, 6.07) is 15.9. The Balaban J connectivity index is 2.28. The molecule has 0 saturated carbocycles. The molecule has 25 heavy (non-hydrogen) atoms. The molecule has 0 spiro atoms. The first kappa shape index (κ1) is 19.1. The predicted octanol–water partition coefficient (Wildman–Crippen LogP) is 4.54. The quantitative estimate of drug-likeness (QED) is 0.669. The highest BCUT2D eigenvalue weighted by Gasteiger charge is 2.20. The van der Waals surface area contributed by atoms with Crippen LogP contribution in [0.25, 0.3) is 12.2 Å². The van der Waals surface area contributed by atoms with E-state index in [2.05, 4.69) is 13.2 Å². The van der Waals surface area contributed by atoms with Crippen LogP contribution in [-0.2, 0) is 4.74 Å². The van der Waals surface area contributed by atoms with Gasteiger partial charge < -0.3 is 14.9 Å². The second kappa shape index (κ2) is 9.94.